The molecule has 0 saturated carbocycles. The molecule has 0 aromatic heterocycles. The number of nitrogens with two attached hydrogens (primary N) is 1. The van der Waals surface area contributed by atoms with Crippen LogP contribution >= 0.6 is 11.6 Å². The summed E-state index contributed by atoms with van der Waals surface area (Å²) >= 11 is 5.89. The van der Waals surface area contributed by atoms with Crippen molar-refractivity contribution in [1.29, 1.82) is 0 Å². The molecule has 1 aromatic rings. The van der Waals surface area contributed by atoms with Gasteiger partial charge in [-0.3, -0.25) is 14.4 Å². The highest BCUT2D eigenvalue weighted by atomic mass is 35.5. The average molecular weight is 314 g/mol. The molecular formula is C13H16ClN3O4. The van der Waals surface area contributed by atoms with Crippen LogP contribution in [0.25, 0.3) is 0 Å². The SMILES string of the molecule is CNC(=O)c1cc(NC(=O)C(N)CCC(=O)O)ccc1Cl. The van der Waals surface area contributed by atoms with E-state index in [0.717, 1.165) is 0 Å². The third-order valence-electron chi connectivity index (χ3n) is 2.71. The van der Waals surface area contributed by atoms with Gasteiger partial charge in [0.15, 0.2) is 0 Å². The van der Waals surface area contributed by atoms with Gasteiger partial charge in [0.05, 0.1) is 16.6 Å². The van der Waals surface area contributed by atoms with Crippen LogP contribution in [-0.2, 0) is 9.59 Å². The van der Waals surface area contributed by atoms with Crippen LogP contribution < -0.4 is 16.4 Å². The maximum absolute atomic E-state index is 11.8. The third-order valence-corrected chi connectivity index (χ3v) is 3.04. The standard InChI is InChI=1S/C13H16ClN3O4/c1-16-12(20)8-6-7(2-3-9(8)14)17-13(21)10(15)4-5-11(18)19/h2-3,6,10H,4-5,15H2,1H3,(H,16,20)(H,17,21)(H,18,19). The number of halogens is 1. The van der Waals surface area contributed by atoms with E-state index in [1.54, 1.807) is 0 Å². The Morgan fingerprint density at radius 2 is 2.05 bits per heavy atom. The van der Waals surface area contributed by atoms with E-state index in [1.807, 2.05) is 0 Å². The number of rotatable bonds is 6. The fourth-order valence-electron chi connectivity index (χ4n) is 1.56. The Bertz CT molecular complexity index is 562. The second kappa shape index (κ2) is 7.61. The van der Waals surface area contributed by atoms with Crippen LogP contribution in [0.3, 0.4) is 0 Å². The van der Waals surface area contributed by atoms with Gasteiger partial charge in [0.2, 0.25) is 5.91 Å². The normalized spacial score (nSPS) is 11.6. The van der Waals surface area contributed by atoms with Crippen molar-refractivity contribution in [2.75, 3.05) is 12.4 Å². The van der Waals surface area contributed by atoms with Crippen LogP contribution in [0.1, 0.15) is 23.2 Å². The molecule has 0 aliphatic rings. The first-order chi connectivity index (χ1) is 9.85. The topological polar surface area (TPSA) is 122 Å². The predicted molar refractivity (Wildman–Crippen MR) is 78.3 cm³/mol. The van der Waals surface area contributed by atoms with Crippen molar-refractivity contribution < 1.29 is 19.5 Å². The van der Waals surface area contributed by atoms with Crippen molar-refractivity contribution in [1.82, 2.24) is 5.32 Å². The zero-order valence-electron chi connectivity index (χ0n) is 11.4. The van der Waals surface area contributed by atoms with E-state index in [-0.39, 0.29) is 29.3 Å². The van der Waals surface area contributed by atoms with Crippen molar-refractivity contribution >= 4 is 35.1 Å². The number of anilines is 1. The summed E-state index contributed by atoms with van der Waals surface area (Å²) < 4.78 is 0. The lowest BCUT2D eigenvalue weighted by molar-refractivity contribution is -0.137. The molecule has 8 heteroatoms. The molecule has 1 aromatic carbocycles. The summed E-state index contributed by atoms with van der Waals surface area (Å²) in [7, 11) is 1.46. The molecule has 0 saturated heterocycles. The van der Waals surface area contributed by atoms with E-state index >= 15 is 0 Å². The largest absolute Gasteiger partial charge is 0.481 e. The van der Waals surface area contributed by atoms with Crippen molar-refractivity contribution in [2.45, 2.75) is 18.9 Å². The quantitative estimate of drug-likeness (QED) is 0.619. The van der Waals surface area contributed by atoms with Gasteiger partial charge in [-0.1, -0.05) is 11.6 Å². The third kappa shape index (κ3) is 5.05. The second-order valence-corrected chi connectivity index (χ2v) is 4.71. The van der Waals surface area contributed by atoms with Gasteiger partial charge < -0.3 is 21.5 Å². The number of hydrogen-bond donors (Lipinski definition) is 4. The van der Waals surface area contributed by atoms with Crippen LogP contribution in [0.2, 0.25) is 5.02 Å². The fourth-order valence-corrected chi connectivity index (χ4v) is 1.76. The minimum Gasteiger partial charge on any atom is -0.481 e. The maximum atomic E-state index is 11.8. The summed E-state index contributed by atoms with van der Waals surface area (Å²) in [4.78, 5) is 33.8. The van der Waals surface area contributed by atoms with Gasteiger partial charge in [0, 0.05) is 19.2 Å². The zero-order chi connectivity index (χ0) is 16.0. The number of nitrogens with one attached hydrogen (secondary N) is 2. The van der Waals surface area contributed by atoms with E-state index in [4.69, 9.17) is 22.4 Å². The average Bonchev–Trinajstić information content (AvgIpc) is 2.45. The van der Waals surface area contributed by atoms with Crippen molar-refractivity contribution in [3.05, 3.63) is 28.8 Å². The van der Waals surface area contributed by atoms with Gasteiger partial charge in [0.25, 0.3) is 5.91 Å². The predicted octanol–water partition coefficient (Wildman–Crippen LogP) is 0.830. The first-order valence-corrected chi connectivity index (χ1v) is 6.52. The van der Waals surface area contributed by atoms with Crippen molar-refractivity contribution in [3.63, 3.8) is 0 Å². The number of aliphatic carboxylic acids is 1. The Labute approximate surface area is 126 Å². The van der Waals surface area contributed by atoms with E-state index in [0.29, 0.717) is 5.69 Å². The number of carboxylic acids is 1. The molecule has 0 aliphatic heterocycles. The molecule has 114 valence electrons. The van der Waals surface area contributed by atoms with Crippen LogP contribution in [0.5, 0.6) is 0 Å². The molecule has 0 radical (unpaired) electrons. The highest BCUT2D eigenvalue weighted by Crippen LogP contribution is 2.20. The van der Waals surface area contributed by atoms with Gasteiger partial charge in [-0.2, -0.15) is 0 Å². The summed E-state index contributed by atoms with van der Waals surface area (Å²) in [6.45, 7) is 0. The lowest BCUT2D eigenvalue weighted by atomic mass is 10.1. The molecule has 0 heterocycles. The number of carbonyl (C=O) groups is 3. The van der Waals surface area contributed by atoms with E-state index < -0.39 is 17.9 Å². The summed E-state index contributed by atoms with van der Waals surface area (Å²) in [5, 5.41) is 13.7. The monoisotopic (exact) mass is 313 g/mol. The van der Waals surface area contributed by atoms with E-state index in [9.17, 15) is 14.4 Å². The second-order valence-electron chi connectivity index (χ2n) is 4.30. The van der Waals surface area contributed by atoms with Crippen LogP contribution in [-0.4, -0.2) is 36.0 Å². The first-order valence-electron chi connectivity index (χ1n) is 6.15. The highest BCUT2D eigenvalue weighted by molar-refractivity contribution is 6.34. The summed E-state index contributed by atoms with van der Waals surface area (Å²) in [6.07, 6.45) is -0.171. The zero-order valence-corrected chi connectivity index (χ0v) is 12.1. The Hall–Kier alpha value is -2.12. The van der Waals surface area contributed by atoms with Crippen LogP contribution in [0.15, 0.2) is 18.2 Å². The first kappa shape index (κ1) is 16.9. The minimum atomic E-state index is -1.02. The maximum Gasteiger partial charge on any atom is 0.303 e. The molecule has 1 unspecified atom stereocenters. The molecule has 7 nitrogen and oxygen atoms in total. The van der Waals surface area contributed by atoms with Gasteiger partial charge in [-0.15, -0.1) is 0 Å². The fraction of sp³-hybridized carbons (Fsp3) is 0.308. The Kier molecular flexibility index (Phi) is 6.13. The molecule has 2 amide bonds. The molecule has 0 aliphatic carbocycles. The molecule has 5 N–H and O–H groups in total. The Balaban J connectivity index is 2.76. The Morgan fingerprint density at radius 1 is 1.38 bits per heavy atom. The summed E-state index contributed by atoms with van der Waals surface area (Å²) in [5.41, 5.74) is 6.16. The van der Waals surface area contributed by atoms with Crippen LogP contribution in [0, 0.1) is 0 Å². The van der Waals surface area contributed by atoms with Gasteiger partial charge in [-0.05, 0) is 24.6 Å². The van der Waals surface area contributed by atoms with Gasteiger partial charge in [0.1, 0.15) is 0 Å². The number of benzene rings is 1. The summed E-state index contributed by atoms with van der Waals surface area (Å²) in [6, 6.07) is 3.48. The van der Waals surface area contributed by atoms with E-state index in [2.05, 4.69) is 10.6 Å². The highest BCUT2D eigenvalue weighted by Gasteiger charge is 2.16. The summed E-state index contributed by atoms with van der Waals surface area (Å²) in [5.74, 6) is -1.93. The molecule has 0 fully saturated rings. The van der Waals surface area contributed by atoms with Crippen LogP contribution in [0.4, 0.5) is 5.69 Å². The lowest BCUT2D eigenvalue weighted by Gasteiger charge is -2.12. The Morgan fingerprint density at radius 3 is 2.62 bits per heavy atom. The van der Waals surface area contributed by atoms with Gasteiger partial charge >= 0.3 is 5.97 Å². The molecule has 1 atom stereocenters. The molecule has 21 heavy (non-hydrogen) atoms. The number of amides is 2. The molecule has 0 spiro atoms. The molecular weight excluding hydrogens is 298 g/mol. The van der Waals surface area contributed by atoms with Crippen molar-refractivity contribution in [2.24, 2.45) is 5.73 Å². The number of hydrogen-bond acceptors (Lipinski definition) is 4. The minimum absolute atomic E-state index is 0.0249. The molecule has 1 rings (SSSR count). The smallest absolute Gasteiger partial charge is 0.303 e. The van der Waals surface area contributed by atoms with Crippen molar-refractivity contribution in [3.8, 4) is 0 Å². The molecule has 0 bridgehead atoms. The number of carboxylic acid groups (broad SMARTS) is 1. The number of carbonyl (C=O) groups excluding carboxylic acids is 2. The lowest BCUT2D eigenvalue weighted by Crippen LogP contribution is -2.36. The van der Waals surface area contributed by atoms with E-state index in [1.165, 1.54) is 25.2 Å². The van der Waals surface area contributed by atoms with Gasteiger partial charge in [-0.25, -0.2) is 0 Å².